The predicted molar refractivity (Wildman–Crippen MR) is 99.2 cm³/mol. The Balaban J connectivity index is 2.47. The number of phenolic OH excluding ortho intramolecular Hbond substituents is 2. The molecule has 1 saturated heterocycles. The molecular formula is C19H24O11. The van der Waals surface area contributed by atoms with Crippen molar-refractivity contribution in [3.05, 3.63) is 28.8 Å². The molecule has 0 spiro atoms. The minimum atomic E-state index is -1.91. The van der Waals surface area contributed by atoms with Crippen LogP contribution in [0.5, 0.6) is 17.2 Å². The molecule has 0 saturated carbocycles. The van der Waals surface area contributed by atoms with Gasteiger partial charge in [-0.05, 0) is 20.3 Å². The molecule has 5 unspecified atom stereocenters. The van der Waals surface area contributed by atoms with Gasteiger partial charge in [0.15, 0.2) is 6.10 Å². The first kappa shape index (κ1) is 23.4. The largest absolute Gasteiger partial charge is 0.507 e. The first-order valence-electron chi connectivity index (χ1n) is 8.95. The number of aliphatic hydroxyl groups excluding tert-OH is 3. The second kappa shape index (κ2) is 9.30. The Kier molecular flexibility index (Phi) is 7.26. The molecule has 0 aromatic heterocycles. The predicted octanol–water partition coefficient (Wildman–Crippen LogP) is -0.495. The van der Waals surface area contributed by atoms with Gasteiger partial charge in [0, 0.05) is 17.2 Å². The zero-order valence-electron chi connectivity index (χ0n) is 16.2. The van der Waals surface area contributed by atoms with Crippen LogP contribution in [0.2, 0.25) is 0 Å². The number of ether oxygens (including phenoxy) is 2. The summed E-state index contributed by atoms with van der Waals surface area (Å²) in [6, 6.07) is 0.995. The number of carbonyl (C=O) groups is 2. The highest BCUT2D eigenvalue weighted by atomic mass is 16.7. The van der Waals surface area contributed by atoms with Gasteiger partial charge in [-0.1, -0.05) is 11.6 Å². The van der Waals surface area contributed by atoms with Crippen LogP contribution in [-0.4, -0.2) is 78.4 Å². The van der Waals surface area contributed by atoms with Crippen LogP contribution >= 0.6 is 0 Å². The normalized spacial score (nSPS) is 26.1. The third-order valence-corrected chi connectivity index (χ3v) is 4.54. The van der Waals surface area contributed by atoms with E-state index in [0.29, 0.717) is 0 Å². The third-order valence-electron chi connectivity index (χ3n) is 4.54. The summed E-state index contributed by atoms with van der Waals surface area (Å²) in [6.07, 6.45) is -8.28. The number of hydrogen-bond acceptors (Lipinski definition) is 9. The molecule has 1 heterocycles. The lowest BCUT2D eigenvalue weighted by atomic mass is 9.98. The molecule has 0 bridgehead atoms. The van der Waals surface area contributed by atoms with Gasteiger partial charge in [0.1, 0.15) is 35.6 Å². The fourth-order valence-corrected chi connectivity index (χ4v) is 2.93. The molecule has 0 aliphatic carbocycles. The quantitative estimate of drug-likeness (QED) is 0.277. The SMILES string of the molecule is CC(C)=CCc1c(OC2OC(C(=O)O)C(O)C(O)C2O)cc(O)c(CC(=O)O)c1O. The maximum Gasteiger partial charge on any atom is 0.335 e. The zero-order chi connectivity index (χ0) is 22.7. The van der Waals surface area contributed by atoms with E-state index < -0.39 is 60.6 Å². The number of aliphatic hydroxyl groups is 3. The van der Waals surface area contributed by atoms with Gasteiger partial charge < -0.3 is 45.2 Å². The van der Waals surface area contributed by atoms with E-state index in [1.165, 1.54) is 0 Å². The van der Waals surface area contributed by atoms with E-state index in [1.807, 2.05) is 0 Å². The topological polar surface area (TPSA) is 194 Å². The number of allylic oxidation sites excluding steroid dienone is 2. The van der Waals surface area contributed by atoms with Gasteiger partial charge in [-0.3, -0.25) is 4.79 Å². The van der Waals surface area contributed by atoms with Crippen molar-refractivity contribution in [3.63, 3.8) is 0 Å². The molecule has 5 atom stereocenters. The monoisotopic (exact) mass is 428 g/mol. The summed E-state index contributed by atoms with van der Waals surface area (Å²) < 4.78 is 10.5. The van der Waals surface area contributed by atoms with Crippen molar-refractivity contribution >= 4 is 11.9 Å². The van der Waals surface area contributed by atoms with Crippen molar-refractivity contribution in [1.29, 1.82) is 0 Å². The lowest BCUT2D eigenvalue weighted by molar-refractivity contribution is -0.271. The van der Waals surface area contributed by atoms with Crippen LogP contribution in [0, 0.1) is 0 Å². The van der Waals surface area contributed by atoms with Gasteiger partial charge in [-0.2, -0.15) is 0 Å². The molecule has 1 aliphatic heterocycles. The summed E-state index contributed by atoms with van der Waals surface area (Å²) in [5.41, 5.74) is 0.649. The molecule has 11 nitrogen and oxygen atoms in total. The molecule has 0 radical (unpaired) electrons. The van der Waals surface area contributed by atoms with Gasteiger partial charge in [-0.25, -0.2) is 4.79 Å². The van der Waals surface area contributed by atoms with Crippen molar-refractivity contribution in [2.24, 2.45) is 0 Å². The number of rotatable bonds is 7. The average molecular weight is 428 g/mol. The van der Waals surface area contributed by atoms with E-state index in [1.54, 1.807) is 19.9 Å². The van der Waals surface area contributed by atoms with Gasteiger partial charge in [-0.15, -0.1) is 0 Å². The lowest BCUT2D eigenvalue weighted by Crippen LogP contribution is -2.61. The summed E-state index contributed by atoms with van der Waals surface area (Å²) in [4.78, 5) is 22.3. The second-order valence-corrected chi connectivity index (χ2v) is 7.11. The van der Waals surface area contributed by atoms with Crippen LogP contribution in [0.15, 0.2) is 17.7 Å². The van der Waals surface area contributed by atoms with Crippen LogP contribution in [-0.2, 0) is 27.2 Å². The van der Waals surface area contributed by atoms with Gasteiger partial charge in [0.2, 0.25) is 6.29 Å². The number of benzene rings is 1. The standard InChI is InChI=1S/C19H24O11/c1-7(2)3-4-8-11(6-10(20)9(13(8)23)5-12(21)22)29-19-16(26)14(24)15(25)17(30-19)18(27)28/h3,6,14-17,19-20,23-26H,4-5H2,1-2H3,(H,21,22)(H,27,28). The molecule has 1 aliphatic rings. The highest BCUT2D eigenvalue weighted by Crippen LogP contribution is 2.40. The molecule has 1 aromatic rings. The molecule has 1 fully saturated rings. The Morgan fingerprint density at radius 2 is 1.70 bits per heavy atom. The minimum absolute atomic E-state index is 0.0484. The number of aliphatic carboxylic acids is 2. The number of aromatic hydroxyl groups is 2. The number of carboxylic acids is 2. The van der Waals surface area contributed by atoms with Gasteiger partial charge >= 0.3 is 11.9 Å². The van der Waals surface area contributed by atoms with Crippen LogP contribution in [0.25, 0.3) is 0 Å². The summed E-state index contributed by atoms with van der Waals surface area (Å²) in [6.45, 7) is 3.55. The Labute approximate surface area is 171 Å². The van der Waals surface area contributed by atoms with Crippen molar-refractivity contribution in [2.45, 2.75) is 57.4 Å². The molecule has 2 rings (SSSR count). The van der Waals surface area contributed by atoms with Gasteiger partial charge in [0.05, 0.1) is 6.42 Å². The molecular weight excluding hydrogens is 404 g/mol. The van der Waals surface area contributed by atoms with Gasteiger partial charge in [0.25, 0.3) is 0 Å². The van der Waals surface area contributed by atoms with Crippen LogP contribution < -0.4 is 4.74 Å². The summed E-state index contributed by atoms with van der Waals surface area (Å²) in [5, 5.41) is 68.6. The third kappa shape index (κ3) is 5.00. The fraction of sp³-hybridized carbons (Fsp3) is 0.474. The zero-order valence-corrected chi connectivity index (χ0v) is 16.2. The van der Waals surface area contributed by atoms with E-state index >= 15 is 0 Å². The highest BCUT2D eigenvalue weighted by Gasteiger charge is 2.48. The number of phenols is 2. The van der Waals surface area contributed by atoms with Crippen molar-refractivity contribution in [1.82, 2.24) is 0 Å². The van der Waals surface area contributed by atoms with E-state index in [2.05, 4.69) is 0 Å². The minimum Gasteiger partial charge on any atom is -0.507 e. The molecule has 11 heteroatoms. The molecule has 1 aromatic carbocycles. The summed E-state index contributed by atoms with van der Waals surface area (Å²) >= 11 is 0. The van der Waals surface area contributed by atoms with E-state index in [9.17, 15) is 35.1 Å². The van der Waals surface area contributed by atoms with Crippen LogP contribution in [0.3, 0.4) is 0 Å². The molecule has 0 amide bonds. The second-order valence-electron chi connectivity index (χ2n) is 7.11. The Hall–Kier alpha value is -2.86. The van der Waals surface area contributed by atoms with Crippen LogP contribution in [0.4, 0.5) is 0 Å². The number of carboxylic acid groups (broad SMARTS) is 2. The van der Waals surface area contributed by atoms with E-state index in [-0.39, 0.29) is 23.3 Å². The smallest absolute Gasteiger partial charge is 0.335 e. The summed E-state index contributed by atoms with van der Waals surface area (Å²) in [5.74, 6) is -4.28. The van der Waals surface area contributed by atoms with E-state index in [4.69, 9.17) is 19.7 Å². The Morgan fingerprint density at radius 1 is 1.07 bits per heavy atom. The first-order valence-corrected chi connectivity index (χ1v) is 8.95. The van der Waals surface area contributed by atoms with Crippen molar-refractivity contribution < 1.29 is 54.8 Å². The maximum absolute atomic E-state index is 11.2. The van der Waals surface area contributed by atoms with Crippen molar-refractivity contribution in [2.75, 3.05) is 0 Å². The highest BCUT2D eigenvalue weighted by molar-refractivity contribution is 5.74. The Morgan fingerprint density at radius 3 is 2.23 bits per heavy atom. The average Bonchev–Trinajstić information content (AvgIpc) is 2.64. The first-order chi connectivity index (χ1) is 13.9. The Bertz CT molecular complexity index is 843. The summed E-state index contributed by atoms with van der Waals surface area (Å²) in [7, 11) is 0. The van der Waals surface area contributed by atoms with Crippen molar-refractivity contribution in [3.8, 4) is 17.2 Å². The molecule has 166 valence electrons. The fourth-order valence-electron chi connectivity index (χ4n) is 2.93. The lowest BCUT2D eigenvalue weighted by Gasteiger charge is -2.38. The maximum atomic E-state index is 11.2. The molecule has 30 heavy (non-hydrogen) atoms. The molecule has 7 N–H and O–H groups in total. The van der Waals surface area contributed by atoms with Crippen LogP contribution in [0.1, 0.15) is 25.0 Å². The number of hydrogen-bond donors (Lipinski definition) is 7. The van der Waals surface area contributed by atoms with E-state index in [0.717, 1.165) is 11.6 Å².